The van der Waals surface area contributed by atoms with E-state index in [-0.39, 0.29) is 11.6 Å². The smallest absolute Gasteiger partial charge is 0.418 e. The van der Waals surface area contributed by atoms with Crippen LogP contribution < -0.4 is 10.6 Å². The minimum Gasteiger partial charge on any atom is -0.467 e. The molecule has 0 saturated carbocycles. The van der Waals surface area contributed by atoms with Crippen LogP contribution in [0.3, 0.4) is 0 Å². The second-order valence-corrected chi connectivity index (χ2v) is 6.47. The number of hydrogen-bond donors (Lipinski definition) is 2. The molecule has 26 heavy (non-hydrogen) atoms. The zero-order valence-electron chi connectivity index (χ0n) is 13.9. The average Bonchev–Trinajstić information content (AvgIpc) is 3.06. The highest BCUT2D eigenvalue weighted by molar-refractivity contribution is 6.30. The van der Waals surface area contributed by atoms with Crippen LogP contribution in [0.25, 0.3) is 0 Å². The fourth-order valence-corrected chi connectivity index (χ4v) is 2.22. The summed E-state index contributed by atoms with van der Waals surface area (Å²) in [5.74, 6) is -1.07. The van der Waals surface area contributed by atoms with Crippen molar-refractivity contribution >= 4 is 29.1 Å². The van der Waals surface area contributed by atoms with Crippen molar-refractivity contribution in [1.29, 1.82) is 0 Å². The first-order chi connectivity index (χ1) is 12.0. The van der Waals surface area contributed by atoms with Gasteiger partial charge in [0.05, 0.1) is 24.1 Å². The predicted octanol–water partition coefficient (Wildman–Crippen LogP) is 4.23. The highest BCUT2D eigenvalue weighted by Gasteiger charge is 2.39. The van der Waals surface area contributed by atoms with Crippen molar-refractivity contribution in [2.24, 2.45) is 5.41 Å². The van der Waals surface area contributed by atoms with Crippen LogP contribution in [0.15, 0.2) is 41.0 Å². The van der Waals surface area contributed by atoms with E-state index in [1.54, 1.807) is 12.1 Å². The molecule has 1 aromatic heterocycles. The first-order valence-electron chi connectivity index (χ1n) is 7.50. The van der Waals surface area contributed by atoms with Crippen molar-refractivity contribution < 1.29 is 27.2 Å². The van der Waals surface area contributed by atoms with Crippen molar-refractivity contribution in [2.45, 2.75) is 26.6 Å². The Labute approximate surface area is 152 Å². The molecule has 1 heterocycles. The molecule has 0 radical (unpaired) electrons. The Morgan fingerprint density at radius 1 is 1.15 bits per heavy atom. The van der Waals surface area contributed by atoms with E-state index in [4.69, 9.17) is 16.0 Å². The number of amides is 2. The number of hydrogen-bond acceptors (Lipinski definition) is 3. The summed E-state index contributed by atoms with van der Waals surface area (Å²) in [6.45, 7) is 2.67. The molecule has 5 nitrogen and oxygen atoms in total. The van der Waals surface area contributed by atoms with Crippen LogP contribution in [0.5, 0.6) is 0 Å². The van der Waals surface area contributed by atoms with E-state index in [1.165, 1.54) is 26.2 Å². The van der Waals surface area contributed by atoms with Crippen LogP contribution in [-0.2, 0) is 22.3 Å². The molecule has 0 fully saturated rings. The number of furan rings is 1. The third-order valence-corrected chi connectivity index (χ3v) is 3.91. The lowest BCUT2D eigenvalue weighted by atomic mass is 9.90. The minimum atomic E-state index is -4.71. The van der Waals surface area contributed by atoms with Gasteiger partial charge in [-0.2, -0.15) is 13.2 Å². The van der Waals surface area contributed by atoms with E-state index in [2.05, 4.69) is 10.6 Å². The van der Waals surface area contributed by atoms with Crippen LogP contribution in [0.4, 0.5) is 18.9 Å². The molecule has 0 saturated heterocycles. The zero-order valence-corrected chi connectivity index (χ0v) is 14.7. The fourth-order valence-electron chi connectivity index (χ4n) is 2.04. The Bertz CT molecular complexity index is 802. The molecule has 0 aliphatic heterocycles. The van der Waals surface area contributed by atoms with Crippen molar-refractivity contribution in [2.75, 3.05) is 5.32 Å². The van der Waals surface area contributed by atoms with Gasteiger partial charge >= 0.3 is 6.18 Å². The summed E-state index contributed by atoms with van der Waals surface area (Å²) >= 11 is 5.60. The number of rotatable bonds is 5. The molecule has 0 spiro atoms. The standard InChI is InChI=1S/C17H16ClF3N2O3/c1-16(2,14(24)22-9-11-4-3-7-26-11)15(25)23-13-6-5-10(18)8-12(13)17(19,20)21/h3-8H,9H2,1-2H3,(H,22,24)(H,23,25). The normalized spacial score (nSPS) is 11.9. The summed E-state index contributed by atoms with van der Waals surface area (Å²) in [7, 11) is 0. The molecule has 9 heteroatoms. The van der Waals surface area contributed by atoms with Crippen LogP contribution >= 0.6 is 11.6 Å². The van der Waals surface area contributed by atoms with E-state index >= 15 is 0 Å². The van der Waals surface area contributed by atoms with Gasteiger partial charge in [-0.25, -0.2) is 0 Å². The largest absolute Gasteiger partial charge is 0.467 e. The van der Waals surface area contributed by atoms with Crippen molar-refractivity contribution in [3.63, 3.8) is 0 Å². The lowest BCUT2D eigenvalue weighted by molar-refractivity contribution is -0.138. The Balaban J connectivity index is 2.14. The van der Waals surface area contributed by atoms with E-state index in [0.29, 0.717) is 11.8 Å². The molecule has 2 aromatic rings. The van der Waals surface area contributed by atoms with Gasteiger partial charge in [-0.1, -0.05) is 11.6 Å². The molecule has 0 atom stereocenters. The number of alkyl halides is 3. The third-order valence-electron chi connectivity index (χ3n) is 3.67. The first kappa shape index (κ1) is 19.8. The maximum Gasteiger partial charge on any atom is 0.418 e. The highest BCUT2D eigenvalue weighted by atomic mass is 35.5. The van der Waals surface area contributed by atoms with E-state index in [9.17, 15) is 22.8 Å². The minimum absolute atomic E-state index is 0.0529. The van der Waals surface area contributed by atoms with Gasteiger partial charge in [0.1, 0.15) is 11.2 Å². The maximum atomic E-state index is 13.1. The fraction of sp³-hybridized carbons (Fsp3) is 0.294. The zero-order chi connectivity index (χ0) is 19.5. The van der Waals surface area contributed by atoms with Gasteiger partial charge in [0.25, 0.3) is 0 Å². The van der Waals surface area contributed by atoms with Crippen molar-refractivity contribution in [1.82, 2.24) is 5.32 Å². The summed E-state index contributed by atoms with van der Waals surface area (Å²) in [6.07, 6.45) is -3.28. The number of nitrogens with one attached hydrogen (secondary N) is 2. The summed E-state index contributed by atoms with van der Waals surface area (Å²) in [5, 5.41) is 4.55. The number of halogens is 4. The molecule has 0 aliphatic carbocycles. The predicted molar refractivity (Wildman–Crippen MR) is 89.4 cm³/mol. The van der Waals surface area contributed by atoms with Gasteiger partial charge < -0.3 is 15.1 Å². The highest BCUT2D eigenvalue weighted by Crippen LogP contribution is 2.37. The Hall–Kier alpha value is -2.48. The van der Waals surface area contributed by atoms with Gasteiger partial charge in [0, 0.05) is 5.02 Å². The Kier molecular flexibility index (Phi) is 5.65. The average molecular weight is 389 g/mol. The quantitative estimate of drug-likeness (QED) is 0.753. The van der Waals surface area contributed by atoms with E-state index < -0.39 is 34.7 Å². The van der Waals surface area contributed by atoms with E-state index in [1.807, 2.05) is 0 Å². The molecule has 2 amide bonds. The number of benzene rings is 1. The summed E-state index contributed by atoms with van der Waals surface area (Å²) in [4.78, 5) is 24.7. The van der Waals surface area contributed by atoms with Crippen molar-refractivity contribution in [3.05, 3.63) is 52.9 Å². The van der Waals surface area contributed by atoms with Crippen LogP contribution in [0, 0.1) is 5.41 Å². The topological polar surface area (TPSA) is 71.3 Å². The summed E-state index contributed by atoms with van der Waals surface area (Å²) in [5.41, 5.74) is -3.18. The molecule has 2 rings (SSSR count). The molecule has 1 aromatic carbocycles. The summed E-state index contributed by atoms with van der Waals surface area (Å²) < 4.78 is 44.4. The third kappa shape index (κ3) is 4.57. The molecule has 0 unspecified atom stereocenters. The van der Waals surface area contributed by atoms with Gasteiger partial charge in [-0.3, -0.25) is 9.59 Å². The van der Waals surface area contributed by atoms with Crippen LogP contribution in [0.1, 0.15) is 25.2 Å². The lowest BCUT2D eigenvalue weighted by Gasteiger charge is -2.23. The number of carbonyl (C=O) groups excluding carboxylic acids is 2. The van der Waals surface area contributed by atoms with Gasteiger partial charge in [-0.15, -0.1) is 0 Å². The monoisotopic (exact) mass is 388 g/mol. The second kappa shape index (κ2) is 7.41. The molecular formula is C17H16ClF3N2O3. The molecular weight excluding hydrogens is 373 g/mol. The van der Waals surface area contributed by atoms with Crippen molar-refractivity contribution in [3.8, 4) is 0 Å². The first-order valence-corrected chi connectivity index (χ1v) is 7.88. The SMILES string of the molecule is CC(C)(C(=O)NCc1ccco1)C(=O)Nc1ccc(Cl)cc1C(F)(F)F. The molecule has 140 valence electrons. The molecule has 0 bridgehead atoms. The van der Waals surface area contributed by atoms with Gasteiger partial charge in [-0.05, 0) is 44.2 Å². The molecule has 2 N–H and O–H groups in total. The van der Waals surface area contributed by atoms with Crippen LogP contribution in [-0.4, -0.2) is 11.8 Å². The second-order valence-electron chi connectivity index (χ2n) is 6.03. The summed E-state index contributed by atoms with van der Waals surface area (Å²) in [6, 6.07) is 6.24. The Morgan fingerprint density at radius 2 is 1.85 bits per heavy atom. The Morgan fingerprint density at radius 3 is 2.42 bits per heavy atom. The van der Waals surface area contributed by atoms with Gasteiger partial charge in [0.2, 0.25) is 11.8 Å². The van der Waals surface area contributed by atoms with Gasteiger partial charge in [0.15, 0.2) is 0 Å². The van der Waals surface area contributed by atoms with E-state index in [0.717, 1.165) is 6.07 Å². The lowest BCUT2D eigenvalue weighted by Crippen LogP contribution is -2.45. The number of carbonyl (C=O) groups is 2. The number of anilines is 1. The molecule has 0 aliphatic rings. The van der Waals surface area contributed by atoms with Crippen LogP contribution in [0.2, 0.25) is 5.02 Å². The maximum absolute atomic E-state index is 13.1.